The minimum absolute atomic E-state index is 0.145. The minimum atomic E-state index is 0.145. The Labute approximate surface area is 109 Å². The Bertz CT molecular complexity index is 545. The van der Waals surface area contributed by atoms with Gasteiger partial charge in [-0.15, -0.1) is 0 Å². The van der Waals surface area contributed by atoms with Crippen LogP contribution in [0, 0.1) is 0 Å². The largest absolute Gasteiger partial charge is 0.368 e. The smallest absolute Gasteiger partial charge is 0.223 e. The second kappa shape index (κ2) is 5.52. The highest BCUT2D eigenvalue weighted by atomic mass is 35.5. The van der Waals surface area contributed by atoms with Crippen molar-refractivity contribution in [1.29, 1.82) is 0 Å². The van der Waals surface area contributed by atoms with Gasteiger partial charge in [0.2, 0.25) is 5.95 Å². The first kappa shape index (κ1) is 12.4. The average Bonchev–Trinajstić information content (AvgIpc) is 2.37. The van der Waals surface area contributed by atoms with E-state index < -0.39 is 0 Å². The van der Waals surface area contributed by atoms with Crippen LogP contribution in [0.2, 0.25) is 5.02 Å². The molecule has 94 valence electrons. The summed E-state index contributed by atoms with van der Waals surface area (Å²) in [5.41, 5.74) is 8.94. The Balaban J connectivity index is 2.11. The summed E-state index contributed by atoms with van der Waals surface area (Å²) in [5.74, 6) is 6.45. The van der Waals surface area contributed by atoms with Crippen molar-refractivity contribution in [1.82, 2.24) is 9.97 Å². The van der Waals surface area contributed by atoms with E-state index in [4.69, 9.17) is 23.2 Å². The molecule has 0 radical (unpaired) electrons. The molecule has 0 aliphatic rings. The number of aromatic nitrogens is 2. The lowest BCUT2D eigenvalue weighted by Crippen LogP contribution is -2.12. The molecule has 1 aromatic carbocycles. The lowest BCUT2D eigenvalue weighted by molar-refractivity contribution is 1.08. The van der Waals surface area contributed by atoms with Gasteiger partial charge < -0.3 is 16.5 Å². The van der Waals surface area contributed by atoms with E-state index in [9.17, 15) is 0 Å². The molecule has 0 unspecified atom stereocenters. The number of nitrogens with two attached hydrogens (primary N) is 2. The molecule has 0 aliphatic carbocycles. The van der Waals surface area contributed by atoms with Gasteiger partial charge in [-0.05, 0) is 11.6 Å². The number of nitrogens with zero attached hydrogens (tertiary/aromatic N) is 2. The number of benzene rings is 1. The summed E-state index contributed by atoms with van der Waals surface area (Å²) in [6, 6.07) is 9.23. The molecule has 0 amide bonds. The lowest BCUT2D eigenvalue weighted by atomic mass is 10.2. The van der Waals surface area contributed by atoms with E-state index in [1.165, 1.54) is 0 Å². The minimum Gasteiger partial charge on any atom is -0.368 e. The van der Waals surface area contributed by atoms with Gasteiger partial charge in [0.15, 0.2) is 0 Å². The highest BCUT2D eigenvalue weighted by Gasteiger charge is 2.03. The zero-order valence-corrected chi connectivity index (χ0v) is 10.3. The molecule has 0 fully saturated rings. The van der Waals surface area contributed by atoms with Crippen molar-refractivity contribution in [3.8, 4) is 0 Å². The highest BCUT2D eigenvalue weighted by molar-refractivity contribution is 6.31. The van der Waals surface area contributed by atoms with Crippen LogP contribution >= 0.6 is 11.6 Å². The molecule has 2 rings (SSSR count). The lowest BCUT2D eigenvalue weighted by Gasteiger charge is -2.09. The summed E-state index contributed by atoms with van der Waals surface area (Å²) in [4.78, 5) is 7.93. The number of anilines is 3. The molecule has 0 saturated carbocycles. The summed E-state index contributed by atoms with van der Waals surface area (Å²) >= 11 is 6.05. The zero-order valence-electron chi connectivity index (χ0n) is 9.52. The van der Waals surface area contributed by atoms with Crippen molar-refractivity contribution in [3.63, 3.8) is 0 Å². The van der Waals surface area contributed by atoms with Crippen molar-refractivity contribution in [2.45, 2.75) is 6.54 Å². The number of hydrogen-bond acceptors (Lipinski definition) is 6. The molecular weight excluding hydrogens is 252 g/mol. The monoisotopic (exact) mass is 264 g/mol. The fourth-order valence-electron chi connectivity index (χ4n) is 1.46. The van der Waals surface area contributed by atoms with Gasteiger partial charge in [-0.3, -0.25) is 0 Å². The third-order valence-corrected chi connectivity index (χ3v) is 2.68. The van der Waals surface area contributed by atoms with Crippen molar-refractivity contribution in [2.75, 3.05) is 16.5 Å². The molecule has 2 aromatic rings. The first-order valence-electron chi connectivity index (χ1n) is 5.27. The quantitative estimate of drug-likeness (QED) is 0.494. The molecule has 0 atom stereocenters. The first-order valence-corrected chi connectivity index (χ1v) is 5.65. The van der Waals surface area contributed by atoms with Gasteiger partial charge in [0.25, 0.3) is 0 Å². The van der Waals surface area contributed by atoms with Crippen LogP contribution < -0.4 is 22.3 Å². The second-order valence-corrected chi connectivity index (χ2v) is 3.99. The zero-order chi connectivity index (χ0) is 13.0. The van der Waals surface area contributed by atoms with Crippen molar-refractivity contribution < 1.29 is 0 Å². The number of halogens is 1. The normalized spacial score (nSPS) is 10.1. The molecule has 0 aliphatic heterocycles. The summed E-state index contributed by atoms with van der Waals surface area (Å²) in [6.07, 6.45) is 0. The molecule has 0 spiro atoms. The van der Waals surface area contributed by atoms with Crippen molar-refractivity contribution in [2.24, 2.45) is 5.84 Å². The van der Waals surface area contributed by atoms with Crippen molar-refractivity contribution >= 4 is 29.2 Å². The van der Waals surface area contributed by atoms with Gasteiger partial charge in [-0.1, -0.05) is 29.8 Å². The van der Waals surface area contributed by atoms with Crippen LogP contribution in [-0.4, -0.2) is 9.97 Å². The van der Waals surface area contributed by atoms with Crippen LogP contribution in [0.4, 0.5) is 17.6 Å². The van der Waals surface area contributed by atoms with Gasteiger partial charge in [0.1, 0.15) is 11.6 Å². The van der Waals surface area contributed by atoms with Crippen LogP contribution in [0.1, 0.15) is 5.56 Å². The molecular formula is C11H13ClN6. The average molecular weight is 265 g/mol. The van der Waals surface area contributed by atoms with Gasteiger partial charge in [0.05, 0.1) is 0 Å². The number of nitrogen functional groups attached to an aromatic ring is 2. The molecule has 6 N–H and O–H groups in total. The molecule has 7 heteroatoms. The van der Waals surface area contributed by atoms with Gasteiger partial charge in [-0.25, -0.2) is 5.84 Å². The summed E-state index contributed by atoms with van der Waals surface area (Å²) in [6.45, 7) is 0.542. The van der Waals surface area contributed by atoms with Crippen LogP contribution in [0.15, 0.2) is 30.3 Å². The van der Waals surface area contributed by atoms with E-state index in [2.05, 4.69) is 20.7 Å². The fourth-order valence-corrected chi connectivity index (χ4v) is 1.66. The van der Waals surface area contributed by atoms with Crippen LogP contribution in [0.25, 0.3) is 0 Å². The van der Waals surface area contributed by atoms with E-state index in [1.54, 1.807) is 6.07 Å². The van der Waals surface area contributed by atoms with Gasteiger partial charge in [-0.2, -0.15) is 9.97 Å². The van der Waals surface area contributed by atoms with Gasteiger partial charge in [0, 0.05) is 17.6 Å². The molecule has 0 saturated heterocycles. The third-order valence-electron chi connectivity index (χ3n) is 2.31. The number of nitrogens with one attached hydrogen (secondary N) is 2. The SMILES string of the molecule is NNc1cc(NCc2ccccc2Cl)nc(N)n1. The summed E-state index contributed by atoms with van der Waals surface area (Å²) in [5, 5.41) is 3.80. The summed E-state index contributed by atoms with van der Waals surface area (Å²) < 4.78 is 0. The molecule has 1 heterocycles. The standard InChI is InChI=1S/C11H13ClN6/c12-8-4-2-1-3-7(8)6-15-9-5-10(18-14)17-11(13)16-9/h1-5H,6,14H2,(H4,13,15,16,17,18). The molecule has 0 bridgehead atoms. The maximum Gasteiger partial charge on any atom is 0.223 e. The third kappa shape index (κ3) is 2.99. The van der Waals surface area contributed by atoms with E-state index in [-0.39, 0.29) is 5.95 Å². The van der Waals surface area contributed by atoms with E-state index in [1.807, 2.05) is 24.3 Å². The van der Waals surface area contributed by atoms with Gasteiger partial charge >= 0.3 is 0 Å². The van der Waals surface area contributed by atoms with Crippen LogP contribution in [0.5, 0.6) is 0 Å². The number of rotatable bonds is 4. The topological polar surface area (TPSA) is 102 Å². The van der Waals surface area contributed by atoms with E-state index in [0.29, 0.717) is 23.2 Å². The maximum absolute atomic E-state index is 6.05. The molecule has 6 nitrogen and oxygen atoms in total. The highest BCUT2D eigenvalue weighted by Crippen LogP contribution is 2.17. The molecule has 1 aromatic heterocycles. The second-order valence-electron chi connectivity index (χ2n) is 3.59. The Kier molecular flexibility index (Phi) is 3.81. The maximum atomic E-state index is 6.05. The predicted octanol–water partition coefficient (Wildman–Crippen LogP) is 1.61. The number of hydrazine groups is 1. The first-order chi connectivity index (χ1) is 8.69. The number of hydrogen-bond donors (Lipinski definition) is 4. The summed E-state index contributed by atoms with van der Waals surface area (Å²) in [7, 11) is 0. The molecule has 18 heavy (non-hydrogen) atoms. The van der Waals surface area contributed by atoms with E-state index >= 15 is 0 Å². The van der Waals surface area contributed by atoms with Crippen LogP contribution in [-0.2, 0) is 6.54 Å². The van der Waals surface area contributed by atoms with E-state index in [0.717, 1.165) is 5.56 Å². The predicted molar refractivity (Wildman–Crippen MR) is 73.0 cm³/mol. The Morgan fingerprint density at radius 3 is 2.61 bits per heavy atom. The van der Waals surface area contributed by atoms with Crippen molar-refractivity contribution in [3.05, 3.63) is 40.9 Å². The Morgan fingerprint density at radius 2 is 1.89 bits per heavy atom. The van der Waals surface area contributed by atoms with Crippen LogP contribution in [0.3, 0.4) is 0 Å². The fraction of sp³-hybridized carbons (Fsp3) is 0.0909. The Morgan fingerprint density at radius 1 is 1.17 bits per heavy atom. The Hall–Kier alpha value is -2.05.